The minimum Gasteiger partial charge on any atom is -0.385 e. The number of ether oxygens (including phenoxy) is 2. The van der Waals surface area contributed by atoms with Crippen LogP contribution in [0, 0.1) is 0 Å². The van der Waals surface area contributed by atoms with E-state index in [1.807, 2.05) is 6.20 Å². The smallest absolute Gasteiger partial charge is 0.194 e. The van der Waals surface area contributed by atoms with Crippen molar-refractivity contribution in [1.82, 2.24) is 15.2 Å². The number of methoxy groups -OCH3 is 1. The molecule has 0 atom stereocenters. The summed E-state index contributed by atoms with van der Waals surface area (Å²) in [5.41, 5.74) is 1.16. The molecule has 174 valence electrons. The van der Waals surface area contributed by atoms with E-state index in [0.29, 0.717) is 12.6 Å². The number of piperidine rings is 1. The van der Waals surface area contributed by atoms with E-state index in [4.69, 9.17) is 19.5 Å². The Balaban J connectivity index is 1.49. The molecule has 2 aliphatic heterocycles. The second-order valence-electron chi connectivity index (χ2n) is 8.50. The van der Waals surface area contributed by atoms with Crippen molar-refractivity contribution >= 4 is 11.8 Å². The topological polar surface area (TPSA) is 62.2 Å². The van der Waals surface area contributed by atoms with Crippen molar-refractivity contribution in [3.05, 3.63) is 23.9 Å². The summed E-state index contributed by atoms with van der Waals surface area (Å²) in [4.78, 5) is 14.4. The zero-order valence-corrected chi connectivity index (χ0v) is 19.5. The van der Waals surface area contributed by atoms with Gasteiger partial charge in [-0.25, -0.2) is 9.98 Å². The molecule has 0 radical (unpaired) electrons. The molecule has 7 nitrogen and oxygen atoms in total. The molecule has 1 aromatic heterocycles. The first-order chi connectivity index (χ1) is 15.3. The zero-order valence-electron chi connectivity index (χ0n) is 19.5. The normalized spacial score (nSPS) is 18.8. The lowest BCUT2D eigenvalue weighted by Gasteiger charge is -2.34. The Hall–Kier alpha value is -1.86. The van der Waals surface area contributed by atoms with Crippen molar-refractivity contribution in [2.24, 2.45) is 4.99 Å². The Morgan fingerprint density at radius 1 is 1.10 bits per heavy atom. The number of anilines is 1. The summed E-state index contributed by atoms with van der Waals surface area (Å²) in [6.07, 6.45) is 10.6. The molecule has 1 N–H and O–H groups in total. The van der Waals surface area contributed by atoms with Crippen LogP contribution < -0.4 is 10.2 Å². The summed E-state index contributed by atoms with van der Waals surface area (Å²) in [6, 6.07) is 4.34. The van der Waals surface area contributed by atoms with Gasteiger partial charge in [-0.15, -0.1) is 0 Å². The average molecular weight is 432 g/mol. The molecule has 0 unspecified atom stereocenters. The van der Waals surface area contributed by atoms with Gasteiger partial charge >= 0.3 is 0 Å². The third-order valence-electron chi connectivity index (χ3n) is 6.07. The van der Waals surface area contributed by atoms with E-state index >= 15 is 0 Å². The minimum absolute atomic E-state index is 0.353. The molecule has 0 amide bonds. The van der Waals surface area contributed by atoms with Gasteiger partial charge in [-0.3, -0.25) is 0 Å². The minimum atomic E-state index is 0.353. The SMILES string of the molecule is CCNC(=NCc1ccc(N2CCCCCC2)nc1)N1CCC(OCCCOC)CC1. The molecule has 0 spiro atoms. The van der Waals surface area contributed by atoms with Crippen molar-refractivity contribution in [3.63, 3.8) is 0 Å². The Kier molecular flexibility index (Phi) is 10.4. The number of hydrogen-bond donors (Lipinski definition) is 1. The van der Waals surface area contributed by atoms with Crippen LogP contribution in [-0.4, -0.2) is 75.0 Å². The fourth-order valence-corrected chi connectivity index (χ4v) is 4.28. The highest BCUT2D eigenvalue weighted by atomic mass is 16.5. The van der Waals surface area contributed by atoms with Crippen LogP contribution in [0.15, 0.2) is 23.3 Å². The van der Waals surface area contributed by atoms with Gasteiger partial charge in [0.15, 0.2) is 5.96 Å². The molecule has 0 aromatic carbocycles. The molecule has 2 saturated heterocycles. The van der Waals surface area contributed by atoms with Crippen LogP contribution in [-0.2, 0) is 16.0 Å². The number of nitrogens with zero attached hydrogens (tertiary/aromatic N) is 4. The molecule has 0 saturated carbocycles. The first kappa shape index (κ1) is 23.8. The second-order valence-corrected chi connectivity index (χ2v) is 8.50. The molecule has 1 aromatic rings. The van der Waals surface area contributed by atoms with Crippen molar-refractivity contribution < 1.29 is 9.47 Å². The maximum Gasteiger partial charge on any atom is 0.194 e. The highest BCUT2D eigenvalue weighted by molar-refractivity contribution is 5.80. The molecular weight excluding hydrogens is 390 g/mol. The average Bonchev–Trinajstić information content (AvgIpc) is 3.10. The lowest BCUT2D eigenvalue weighted by molar-refractivity contribution is 0.00990. The third kappa shape index (κ3) is 7.96. The number of nitrogens with one attached hydrogen (secondary N) is 1. The monoisotopic (exact) mass is 431 g/mol. The van der Waals surface area contributed by atoms with Gasteiger partial charge in [-0.1, -0.05) is 18.9 Å². The Morgan fingerprint density at radius 3 is 2.52 bits per heavy atom. The van der Waals surface area contributed by atoms with E-state index in [0.717, 1.165) is 82.5 Å². The predicted molar refractivity (Wildman–Crippen MR) is 127 cm³/mol. The van der Waals surface area contributed by atoms with Crippen molar-refractivity contribution in [1.29, 1.82) is 0 Å². The number of likely N-dealkylation sites (tertiary alicyclic amines) is 1. The van der Waals surface area contributed by atoms with E-state index in [1.165, 1.54) is 25.7 Å². The van der Waals surface area contributed by atoms with Gasteiger partial charge in [0.2, 0.25) is 0 Å². The first-order valence-electron chi connectivity index (χ1n) is 12.1. The van der Waals surface area contributed by atoms with Crippen LogP contribution in [0.1, 0.15) is 57.4 Å². The summed E-state index contributed by atoms with van der Waals surface area (Å²) in [5.74, 6) is 2.10. The van der Waals surface area contributed by atoms with Crippen LogP contribution in [0.2, 0.25) is 0 Å². The molecule has 3 rings (SSSR count). The summed E-state index contributed by atoms with van der Waals surface area (Å²) in [5, 5.41) is 3.46. The van der Waals surface area contributed by atoms with Crippen molar-refractivity contribution in [2.75, 3.05) is 57.9 Å². The zero-order chi connectivity index (χ0) is 21.7. The number of rotatable bonds is 9. The number of guanidine groups is 1. The molecule has 0 aliphatic carbocycles. The first-order valence-corrected chi connectivity index (χ1v) is 12.1. The maximum atomic E-state index is 5.99. The van der Waals surface area contributed by atoms with Gasteiger partial charge in [0.05, 0.1) is 12.6 Å². The highest BCUT2D eigenvalue weighted by Gasteiger charge is 2.21. The van der Waals surface area contributed by atoms with Crippen LogP contribution >= 0.6 is 0 Å². The van der Waals surface area contributed by atoms with Crippen LogP contribution in [0.3, 0.4) is 0 Å². The largest absolute Gasteiger partial charge is 0.385 e. The molecular formula is C24H41N5O2. The van der Waals surface area contributed by atoms with Crippen molar-refractivity contribution in [3.8, 4) is 0 Å². The summed E-state index contributed by atoms with van der Waals surface area (Å²) in [7, 11) is 1.74. The number of hydrogen-bond acceptors (Lipinski definition) is 5. The maximum absolute atomic E-state index is 5.99. The highest BCUT2D eigenvalue weighted by Crippen LogP contribution is 2.18. The van der Waals surface area contributed by atoms with Crippen LogP contribution in [0.25, 0.3) is 0 Å². The van der Waals surface area contributed by atoms with Gasteiger partial charge in [0, 0.05) is 59.2 Å². The van der Waals surface area contributed by atoms with Gasteiger partial charge in [-0.05, 0) is 50.7 Å². The fraction of sp³-hybridized carbons (Fsp3) is 0.750. The third-order valence-corrected chi connectivity index (χ3v) is 6.07. The number of aliphatic imine (C=N–C) groups is 1. The Morgan fingerprint density at radius 2 is 1.87 bits per heavy atom. The predicted octanol–water partition coefficient (Wildman–Crippen LogP) is 3.45. The number of aromatic nitrogens is 1. The lowest BCUT2D eigenvalue weighted by atomic mass is 10.1. The summed E-state index contributed by atoms with van der Waals surface area (Å²) < 4.78 is 11.1. The molecule has 0 bridgehead atoms. The molecule has 2 fully saturated rings. The van der Waals surface area contributed by atoms with Crippen LogP contribution in [0.5, 0.6) is 0 Å². The van der Waals surface area contributed by atoms with E-state index < -0.39 is 0 Å². The number of pyridine rings is 1. The molecule has 31 heavy (non-hydrogen) atoms. The van der Waals surface area contributed by atoms with E-state index in [-0.39, 0.29) is 0 Å². The quantitative estimate of drug-likeness (QED) is 0.367. The Bertz CT molecular complexity index is 636. The molecule has 7 heteroatoms. The van der Waals surface area contributed by atoms with Gasteiger partial charge < -0.3 is 24.6 Å². The fourth-order valence-electron chi connectivity index (χ4n) is 4.28. The summed E-state index contributed by atoms with van der Waals surface area (Å²) in [6.45, 7) is 9.42. The molecule has 3 heterocycles. The van der Waals surface area contributed by atoms with E-state index in [1.54, 1.807) is 7.11 Å². The lowest BCUT2D eigenvalue weighted by Crippen LogP contribution is -2.47. The second kappa shape index (κ2) is 13.5. The Labute approximate surface area is 188 Å². The molecule has 2 aliphatic rings. The van der Waals surface area contributed by atoms with E-state index in [2.05, 4.69) is 34.2 Å². The van der Waals surface area contributed by atoms with Gasteiger partial charge in [0.1, 0.15) is 5.82 Å². The van der Waals surface area contributed by atoms with Gasteiger partial charge in [-0.2, -0.15) is 0 Å². The van der Waals surface area contributed by atoms with Gasteiger partial charge in [0.25, 0.3) is 0 Å². The standard InChI is InChI=1S/C24H41N5O2/c1-3-25-24(29-15-11-22(12-16-29)31-18-8-17-30-2)27-20-21-9-10-23(26-19-21)28-13-6-4-5-7-14-28/h9-10,19,22H,3-8,11-18,20H2,1-2H3,(H,25,27). The van der Waals surface area contributed by atoms with Crippen LogP contribution in [0.4, 0.5) is 5.82 Å². The summed E-state index contributed by atoms with van der Waals surface area (Å²) >= 11 is 0. The van der Waals surface area contributed by atoms with E-state index in [9.17, 15) is 0 Å². The van der Waals surface area contributed by atoms with Crippen molar-refractivity contribution in [2.45, 2.75) is 64.5 Å².